The second kappa shape index (κ2) is 11.5. The molecule has 2 aliphatic rings. The number of thioether (sulfide) groups is 1. The molecule has 1 aromatic rings. The van der Waals surface area contributed by atoms with Crippen LogP contribution in [-0.2, 0) is 4.79 Å². The van der Waals surface area contributed by atoms with Crippen LogP contribution in [-0.4, -0.2) is 60.6 Å². The first kappa shape index (κ1) is 22.8. The summed E-state index contributed by atoms with van der Waals surface area (Å²) in [4.78, 5) is 26.7. The average Bonchev–Trinajstić information content (AvgIpc) is 2.69. The van der Waals surface area contributed by atoms with Crippen LogP contribution in [0.15, 0.2) is 24.3 Å². The zero-order chi connectivity index (χ0) is 19.1. The SMILES string of the molecule is Cc1ccc(NC(=O)NCC2CCCN(C(=O)CC3CSCCN3)C2)cc1.Cl. The summed E-state index contributed by atoms with van der Waals surface area (Å²) in [5.74, 6) is 2.71. The van der Waals surface area contributed by atoms with E-state index in [1.54, 1.807) is 0 Å². The van der Waals surface area contributed by atoms with Gasteiger partial charge in [0.2, 0.25) is 5.91 Å². The third-order valence-electron chi connectivity index (χ3n) is 5.15. The summed E-state index contributed by atoms with van der Waals surface area (Å²) in [6, 6.07) is 7.85. The van der Waals surface area contributed by atoms with Crippen molar-refractivity contribution in [3.8, 4) is 0 Å². The summed E-state index contributed by atoms with van der Waals surface area (Å²) in [5, 5.41) is 9.24. The molecule has 2 fully saturated rings. The minimum absolute atomic E-state index is 0. The molecule has 3 amide bonds. The van der Waals surface area contributed by atoms with Gasteiger partial charge in [-0.1, -0.05) is 17.7 Å². The molecule has 2 aliphatic heterocycles. The van der Waals surface area contributed by atoms with Crippen molar-refractivity contribution >= 4 is 41.8 Å². The van der Waals surface area contributed by atoms with Crippen LogP contribution >= 0.6 is 24.2 Å². The molecule has 156 valence electrons. The maximum atomic E-state index is 12.6. The number of likely N-dealkylation sites (tertiary alicyclic amines) is 1. The Bertz CT molecular complexity index is 638. The highest BCUT2D eigenvalue weighted by Crippen LogP contribution is 2.18. The summed E-state index contributed by atoms with van der Waals surface area (Å²) >= 11 is 1.92. The molecule has 0 saturated carbocycles. The van der Waals surface area contributed by atoms with Gasteiger partial charge in [0.25, 0.3) is 0 Å². The van der Waals surface area contributed by atoms with Crippen molar-refractivity contribution in [1.82, 2.24) is 15.5 Å². The van der Waals surface area contributed by atoms with Crippen LogP contribution in [0.3, 0.4) is 0 Å². The number of nitrogens with one attached hydrogen (secondary N) is 3. The number of carbonyl (C=O) groups is 2. The molecule has 6 nitrogen and oxygen atoms in total. The number of benzene rings is 1. The molecule has 0 bridgehead atoms. The molecule has 2 heterocycles. The lowest BCUT2D eigenvalue weighted by atomic mass is 9.97. The molecule has 2 saturated heterocycles. The number of hydrogen-bond donors (Lipinski definition) is 3. The zero-order valence-electron chi connectivity index (χ0n) is 16.4. The van der Waals surface area contributed by atoms with Crippen molar-refractivity contribution in [2.45, 2.75) is 32.2 Å². The van der Waals surface area contributed by atoms with Crippen molar-refractivity contribution in [3.05, 3.63) is 29.8 Å². The summed E-state index contributed by atoms with van der Waals surface area (Å²) in [6.45, 7) is 5.18. The normalized spacial score (nSPS) is 22.1. The molecular formula is C20H31ClN4O2S. The highest BCUT2D eigenvalue weighted by molar-refractivity contribution is 7.99. The van der Waals surface area contributed by atoms with Gasteiger partial charge < -0.3 is 20.9 Å². The van der Waals surface area contributed by atoms with E-state index in [-0.39, 0.29) is 24.3 Å². The van der Waals surface area contributed by atoms with Gasteiger partial charge in [-0.15, -0.1) is 12.4 Å². The Morgan fingerprint density at radius 1 is 1.29 bits per heavy atom. The van der Waals surface area contributed by atoms with E-state index in [4.69, 9.17) is 0 Å². The van der Waals surface area contributed by atoms with Crippen molar-refractivity contribution in [1.29, 1.82) is 0 Å². The van der Waals surface area contributed by atoms with Crippen molar-refractivity contribution in [3.63, 3.8) is 0 Å². The van der Waals surface area contributed by atoms with Gasteiger partial charge in [-0.05, 0) is 37.8 Å². The fourth-order valence-corrected chi connectivity index (χ4v) is 4.55. The predicted octanol–water partition coefficient (Wildman–Crippen LogP) is 2.87. The quantitative estimate of drug-likeness (QED) is 0.676. The fraction of sp³-hybridized carbons (Fsp3) is 0.600. The van der Waals surface area contributed by atoms with Gasteiger partial charge in [-0.3, -0.25) is 4.79 Å². The number of urea groups is 1. The number of rotatable bonds is 5. The first-order chi connectivity index (χ1) is 13.1. The van der Waals surface area contributed by atoms with Gasteiger partial charge in [0.1, 0.15) is 0 Å². The second-order valence-electron chi connectivity index (χ2n) is 7.48. The van der Waals surface area contributed by atoms with E-state index in [0.717, 1.165) is 55.2 Å². The molecular weight excluding hydrogens is 396 g/mol. The van der Waals surface area contributed by atoms with Crippen LogP contribution in [0, 0.1) is 12.8 Å². The van der Waals surface area contributed by atoms with Gasteiger partial charge in [-0.2, -0.15) is 11.8 Å². The molecule has 0 spiro atoms. The van der Waals surface area contributed by atoms with Crippen molar-refractivity contribution < 1.29 is 9.59 Å². The topological polar surface area (TPSA) is 73.5 Å². The lowest BCUT2D eigenvalue weighted by Gasteiger charge is -2.34. The highest BCUT2D eigenvalue weighted by Gasteiger charge is 2.26. The first-order valence-electron chi connectivity index (χ1n) is 9.80. The maximum Gasteiger partial charge on any atom is 0.319 e. The summed E-state index contributed by atoms with van der Waals surface area (Å²) in [7, 11) is 0. The second-order valence-corrected chi connectivity index (χ2v) is 8.63. The molecule has 1 aromatic carbocycles. The van der Waals surface area contributed by atoms with Crippen LogP contribution in [0.4, 0.5) is 10.5 Å². The number of hydrogen-bond acceptors (Lipinski definition) is 4. The number of aryl methyl sites for hydroxylation is 1. The maximum absolute atomic E-state index is 12.6. The van der Waals surface area contributed by atoms with Crippen LogP contribution in [0.1, 0.15) is 24.8 Å². The van der Waals surface area contributed by atoms with E-state index in [0.29, 0.717) is 24.9 Å². The number of halogens is 1. The lowest BCUT2D eigenvalue weighted by molar-refractivity contribution is -0.133. The predicted molar refractivity (Wildman–Crippen MR) is 118 cm³/mol. The molecule has 2 atom stereocenters. The first-order valence-corrected chi connectivity index (χ1v) is 11.0. The Hall–Kier alpha value is -1.44. The minimum atomic E-state index is -0.189. The summed E-state index contributed by atoms with van der Waals surface area (Å²) < 4.78 is 0. The Balaban J connectivity index is 0.00000280. The number of piperidine rings is 1. The van der Waals surface area contributed by atoms with E-state index in [1.807, 2.05) is 47.9 Å². The van der Waals surface area contributed by atoms with Gasteiger partial charge in [0.05, 0.1) is 0 Å². The highest BCUT2D eigenvalue weighted by atomic mass is 35.5. The summed E-state index contributed by atoms with van der Waals surface area (Å²) in [6.07, 6.45) is 2.64. The molecule has 0 aliphatic carbocycles. The number of nitrogens with zero attached hydrogens (tertiary/aromatic N) is 1. The number of anilines is 1. The molecule has 0 radical (unpaired) electrons. The molecule has 3 N–H and O–H groups in total. The van der Waals surface area contributed by atoms with Crippen LogP contribution < -0.4 is 16.0 Å². The minimum Gasteiger partial charge on any atom is -0.342 e. The van der Waals surface area contributed by atoms with E-state index < -0.39 is 0 Å². The van der Waals surface area contributed by atoms with Crippen molar-refractivity contribution in [2.24, 2.45) is 5.92 Å². The van der Waals surface area contributed by atoms with Crippen LogP contribution in [0.5, 0.6) is 0 Å². The molecule has 28 heavy (non-hydrogen) atoms. The van der Waals surface area contributed by atoms with E-state index >= 15 is 0 Å². The van der Waals surface area contributed by atoms with Gasteiger partial charge in [0.15, 0.2) is 0 Å². The smallest absolute Gasteiger partial charge is 0.319 e. The monoisotopic (exact) mass is 426 g/mol. The van der Waals surface area contributed by atoms with Gasteiger partial charge in [-0.25, -0.2) is 4.79 Å². The largest absolute Gasteiger partial charge is 0.342 e. The Labute approximate surface area is 178 Å². The molecule has 0 aromatic heterocycles. The Morgan fingerprint density at radius 3 is 2.79 bits per heavy atom. The number of amides is 3. The lowest BCUT2D eigenvalue weighted by Crippen LogP contribution is -2.47. The fourth-order valence-electron chi connectivity index (χ4n) is 3.60. The molecule has 8 heteroatoms. The standard InChI is InChI=1S/C20H30N4O2S.ClH/c1-15-4-6-17(7-5-15)23-20(26)22-12-16-3-2-9-24(13-16)19(25)11-18-14-27-10-8-21-18;/h4-7,16,18,21H,2-3,8-14H2,1H3,(H2,22,23,26);1H. The Kier molecular flexibility index (Phi) is 9.41. The van der Waals surface area contributed by atoms with Gasteiger partial charge in [0, 0.05) is 55.8 Å². The van der Waals surface area contributed by atoms with E-state index in [2.05, 4.69) is 16.0 Å². The molecule has 3 rings (SSSR count). The number of carbonyl (C=O) groups excluding carboxylic acids is 2. The van der Waals surface area contributed by atoms with Crippen LogP contribution in [0.2, 0.25) is 0 Å². The Morgan fingerprint density at radius 2 is 2.07 bits per heavy atom. The molecule has 2 unspecified atom stereocenters. The van der Waals surface area contributed by atoms with Crippen molar-refractivity contribution in [2.75, 3.05) is 43.0 Å². The zero-order valence-corrected chi connectivity index (χ0v) is 18.0. The summed E-state index contributed by atoms with van der Waals surface area (Å²) in [5.41, 5.74) is 1.95. The third kappa shape index (κ3) is 7.18. The van der Waals surface area contributed by atoms with Gasteiger partial charge >= 0.3 is 6.03 Å². The third-order valence-corrected chi connectivity index (χ3v) is 6.28. The van der Waals surface area contributed by atoms with Crippen LogP contribution in [0.25, 0.3) is 0 Å². The van der Waals surface area contributed by atoms with E-state index in [1.165, 1.54) is 0 Å². The average molecular weight is 427 g/mol. The van der Waals surface area contributed by atoms with E-state index in [9.17, 15) is 9.59 Å².